The lowest BCUT2D eigenvalue weighted by Crippen LogP contribution is -2.46. The van der Waals surface area contributed by atoms with E-state index >= 15 is 0 Å². The van der Waals surface area contributed by atoms with Gasteiger partial charge in [0, 0.05) is 44.0 Å². The minimum atomic E-state index is 0.176. The molecule has 6 rings (SSSR count). The van der Waals surface area contributed by atoms with Crippen LogP contribution in [0.5, 0.6) is 6.01 Å². The summed E-state index contributed by atoms with van der Waals surface area (Å²) in [6.45, 7) is 9.43. The van der Waals surface area contributed by atoms with Gasteiger partial charge in [0.1, 0.15) is 11.9 Å². The van der Waals surface area contributed by atoms with E-state index in [2.05, 4.69) is 48.0 Å². The number of piperazine rings is 1. The zero-order chi connectivity index (χ0) is 24.4. The standard InChI is InChI=1S/C26H33N7O2S/c1-2-32-11-13-33(14-12-32)19-3-4-23(28-15-19)31-25-29-16-22(36-25)21-7-10-27-24(30-21)35-20-5-8-26(9-6-20)17-34-18-26/h3-4,7,10,15-16,20H,2,5-6,8-9,11-14,17-18H2,1H3,(H,28,29,31). The first-order valence-electron chi connectivity index (χ1n) is 12.9. The number of nitrogens with one attached hydrogen (secondary N) is 1. The monoisotopic (exact) mass is 507 g/mol. The number of nitrogens with zero attached hydrogens (tertiary/aromatic N) is 6. The molecule has 10 heteroatoms. The Morgan fingerprint density at radius 2 is 1.89 bits per heavy atom. The minimum absolute atomic E-state index is 0.176. The van der Waals surface area contributed by atoms with Crippen LogP contribution < -0.4 is 15.0 Å². The average Bonchev–Trinajstić information content (AvgIpc) is 3.38. The quantitative estimate of drug-likeness (QED) is 0.505. The molecule has 2 aliphatic heterocycles. The molecule has 0 radical (unpaired) electrons. The summed E-state index contributed by atoms with van der Waals surface area (Å²) in [5.41, 5.74) is 2.40. The molecule has 0 unspecified atom stereocenters. The molecule has 3 aromatic heterocycles. The molecule has 0 bridgehead atoms. The number of hydrogen-bond donors (Lipinski definition) is 1. The maximum Gasteiger partial charge on any atom is 0.317 e. The Morgan fingerprint density at radius 3 is 2.58 bits per heavy atom. The lowest BCUT2D eigenvalue weighted by Gasteiger charge is -2.45. The van der Waals surface area contributed by atoms with Gasteiger partial charge in [0.2, 0.25) is 0 Å². The van der Waals surface area contributed by atoms with Crippen molar-refractivity contribution in [3.63, 3.8) is 0 Å². The van der Waals surface area contributed by atoms with Crippen LogP contribution in [-0.2, 0) is 4.74 Å². The van der Waals surface area contributed by atoms with E-state index in [1.165, 1.54) is 5.69 Å². The van der Waals surface area contributed by atoms with E-state index in [9.17, 15) is 0 Å². The van der Waals surface area contributed by atoms with Gasteiger partial charge in [-0.25, -0.2) is 15.0 Å². The molecule has 3 aliphatic rings. The van der Waals surface area contributed by atoms with Crippen LogP contribution in [0.15, 0.2) is 36.8 Å². The van der Waals surface area contributed by atoms with Gasteiger partial charge in [0.25, 0.3) is 0 Å². The van der Waals surface area contributed by atoms with Crippen molar-refractivity contribution in [2.75, 3.05) is 56.2 Å². The predicted octanol–water partition coefficient (Wildman–Crippen LogP) is 4.22. The van der Waals surface area contributed by atoms with Crippen LogP contribution in [0.2, 0.25) is 0 Å². The first-order valence-corrected chi connectivity index (χ1v) is 13.7. The van der Waals surface area contributed by atoms with Crippen molar-refractivity contribution in [2.24, 2.45) is 5.41 Å². The number of likely N-dealkylation sites (N-methyl/N-ethyl adjacent to an activating group) is 1. The highest BCUT2D eigenvalue weighted by molar-refractivity contribution is 7.18. The van der Waals surface area contributed by atoms with Crippen molar-refractivity contribution in [1.29, 1.82) is 0 Å². The average molecular weight is 508 g/mol. The van der Waals surface area contributed by atoms with E-state index in [1.54, 1.807) is 17.5 Å². The maximum atomic E-state index is 6.14. The Hall–Kier alpha value is -2.82. The van der Waals surface area contributed by atoms with Crippen LogP contribution in [0.1, 0.15) is 32.6 Å². The number of anilines is 3. The summed E-state index contributed by atoms with van der Waals surface area (Å²) in [6.07, 6.45) is 10.1. The predicted molar refractivity (Wildman–Crippen MR) is 141 cm³/mol. The van der Waals surface area contributed by atoms with E-state index in [-0.39, 0.29) is 6.10 Å². The summed E-state index contributed by atoms with van der Waals surface area (Å²) in [5, 5.41) is 4.10. The van der Waals surface area contributed by atoms with Crippen LogP contribution in [0.4, 0.5) is 16.6 Å². The second-order valence-electron chi connectivity index (χ2n) is 10.0. The molecule has 3 fully saturated rings. The summed E-state index contributed by atoms with van der Waals surface area (Å²) in [7, 11) is 0. The van der Waals surface area contributed by atoms with Crippen molar-refractivity contribution in [3.8, 4) is 16.6 Å². The Bertz CT molecular complexity index is 1150. The molecule has 1 N–H and O–H groups in total. The normalized spacial score (nSPS) is 20.3. The molecule has 3 aromatic rings. The van der Waals surface area contributed by atoms with Crippen LogP contribution in [0.25, 0.3) is 10.6 Å². The summed E-state index contributed by atoms with van der Waals surface area (Å²) in [6, 6.07) is 6.49. The molecule has 1 spiro atoms. The van der Waals surface area contributed by atoms with Crippen LogP contribution in [0.3, 0.4) is 0 Å². The van der Waals surface area contributed by atoms with Crippen LogP contribution >= 0.6 is 11.3 Å². The molecular formula is C26H33N7O2S. The Balaban J connectivity index is 1.05. The Kier molecular flexibility index (Phi) is 6.73. The van der Waals surface area contributed by atoms with Gasteiger partial charge in [0.05, 0.1) is 35.7 Å². The Morgan fingerprint density at radius 1 is 1.06 bits per heavy atom. The largest absolute Gasteiger partial charge is 0.460 e. The molecule has 0 atom stereocenters. The first kappa shape index (κ1) is 23.6. The van der Waals surface area contributed by atoms with Gasteiger partial charge in [-0.05, 0) is 50.4 Å². The summed E-state index contributed by atoms with van der Waals surface area (Å²) >= 11 is 1.54. The van der Waals surface area contributed by atoms with Crippen molar-refractivity contribution in [2.45, 2.75) is 38.7 Å². The molecular weight excluding hydrogens is 474 g/mol. The topological polar surface area (TPSA) is 88.5 Å². The number of ether oxygens (including phenoxy) is 2. The Labute approximate surface area is 215 Å². The van der Waals surface area contributed by atoms with Gasteiger partial charge >= 0.3 is 6.01 Å². The number of rotatable bonds is 7. The highest BCUT2D eigenvalue weighted by atomic mass is 32.1. The molecule has 2 saturated heterocycles. The van der Waals surface area contributed by atoms with Crippen LogP contribution in [-0.4, -0.2) is 76.9 Å². The van der Waals surface area contributed by atoms with Crippen molar-refractivity contribution >= 4 is 28.0 Å². The first-order chi connectivity index (χ1) is 17.7. The smallest absolute Gasteiger partial charge is 0.317 e. The van der Waals surface area contributed by atoms with Crippen LogP contribution in [0, 0.1) is 5.41 Å². The highest BCUT2D eigenvalue weighted by Crippen LogP contribution is 2.43. The van der Waals surface area contributed by atoms with Gasteiger partial charge in [0.15, 0.2) is 5.13 Å². The highest BCUT2D eigenvalue weighted by Gasteiger charge is 2.42. The molecule has 190 valence electrons. The molecule has 36 heavy (non-hydrogen) atoms. The SMILES string of the molecule is CCN1CCN(c2ccc(Nc3ncc(-c4ccnc(OC5CCC6(CC5)COC6)n4)s3)nc2)CC1. The fourth-order valence-corrected chi connectivity index (χ4v) is 6.01. The number of aromatic nitrogens is 4. The second-order valence-corrected chi connectivity index (χ2v) is 11.0. The third-order valence-electron chi connectivity index (χ3n) is 7.64. The summed E-state index contributed by atoms with van der Waals surface area (Å²) < 4.78 is 11.6. The number of pyridine rings is 1. The zero-order valence-electron chi connectivity index (χ0n) is 20.7. The van der Waals surface area contributed by atoms with Gasteiger partial charge in [-0.15, -0.1) is 0 Å². The van der Waals surface area contributed by atoms with Gasteiger partial charge in [-0.1, -0.05) is 18.3 Å². The van der Waals surface area contributed by atoms with Gasteiger partial charge < -0.3 is 24.6 Å². The fraction of sp³-hybridized carbons (Fsp3) is 0.538. The maximum absolute atomic E-state index is 6.14. The molecule has 0 amide bonds. The lowest BCUT2D eigenvalue weighted by atomic mass is 9.72. The summed E-state index contributed by atoms with van der Waals surface area (Å²) in [5.74, 6) is 0.783. The number of hydrogen-bond acceptors (Lipinski definition) is 10. The fourth-order valence-electron chi connectivity index (χ4n) is 5.21. The zero-order valence-corrected chi connectivity index (χ0v) is 21.5. The van der Waals surface area contributed by atoms with E-state index in [1.807, 2.05) is 24.5 Å². The van der Waals surface area contributed by atoms with E-state index in [0.717, 1.165) is 93.1 Å². The van der Waals surface area contributed by atoms with Crippen molar-refractivity contribution < 1.29 is 9.47 Å². The van der Waals surface area contributed by atoms with E-state index in [4.69, 9.17) is 9.47 Å². The minimum Gasteiger partial charge on any atom is -0.460 e. The lowest BCUT2D eigenvalue weighted by molar-refractivity contribution is -0.140. The summed E-state index contributed by atoms with van der Waals surface area (Å²) in [4.78, 5) is 24.0. The van der Waals surface area contributed by atoms with Crippen molar-refractivity contribution in [3.05, 3.63) is 36.8 Å². The molecule has 0 aromatic carbocycles. The molecule has 9 nitrogen and oxygen atoms in total. The van der Waals surface area contributed by atoms with Crippen molar-refractivity contribution in [1.82, 2.24) is 24.8 Å². The second kappa shape index (κ2) is 10.3. The third-order valence-corrected chi connectivity index (χ3v) is 8.58. The molecule has 5 heterocycles. The van der Waals surface area contributed by atoms with E-state index in [0.29, 0.717) is 11.4 Å². The van der Waals surface area contributed by atoms with Gasteiger partial charge in [-0.3, -0.25) is 0 Å². The molecule has 1 aliphatic carbocycles. The number of thiazole rings is 1. The van der Waals surface area contributed by atoms with E-state index < -0.39 is 0 Å². The van der Waals surface area contributed by atoms with Gasteiger partial charge in [-0.2, -0.15) is 4.98 Å². The third kappa shape index (κ3) is 5.16. The molecule has 1 saturated carbocycles.